The van der Waals surface area contributed by atoms with Gasteiger partial charge >= 0.3 is 0 Å². The number of benzene rings is 1. The number of ether oxygens (including phenoxy) is 1. The molecule has 0 spiro atoms. The maximum atomic E-state index is 9.65. The monoisotopic (exact) mass is 338 g/mol. The van der Waals surface area contributed by atoms with Crippen LogP contribution in [0.2, 0.25) is 5.02 Å². The van der Waals surface area contributed by atoms with Crippen LogP contribution in [-0.4, -0.2) is 46.5 Å². The second kappa shape index (κ2) is 8.40. The molecule has 7 heteroatoms. The predicted molar refractivity (Wildman–Crippen MR) is 90.0 cm³/mol. The van der Waals surface area contributed by atoms with Crippen molar-refractivity contribution in [2.24, 2.45) is 0 Å². The van der Waals surface area contributed by atoms with Crippen LogP contribution >= 0.6 is 11.6 Å². The zero-order valence-electron chi connectivity index (χ0n) is 13.7. The second-order valence-corrected chi connectivity index (χ2v) is 5.96. The Bertz CT molecular complexity index is 615. The van der Waals surface area contributed by atoms with Gasteiger partial charge in [0.1, 0.15) is 5.69 Å². The van der Waals surface area contributed by atoms with Gasteiger partial charge in [0.2, 0.25) is 0 Å². The minimum absolute atomic E-state index is 0.0470. The highest BCUT2D eigenvalue weighted by atomic mass is 35.5. The number of aliphatic hydroxyl groups is 1. The molecule has 0 saturated heterocycles. The summed E-state index contributed by atoms with van der Waals surface area (Å²) in [7, 11) is 1.58. The average molecular weight is 339 g/mol. The molecule has 2 aromatic rings. The highest BCUT2D eigenvalue weighted by molar-refractivity contribution is 6.30. The third kappa shape index (κ3) is 4.75. The molecule has 0 bridgehead atoms. The summed E-state index contributed by atoms with van der Waals surface area (Å²) >= 11 is 5.92. The standard InChI is InChI=1S/C16H23ClN4O2/c1-11(18-9-8-15(22)10-23-3)16-12(2)21(20-19-16)14-6-4-13(17)5-7-14/h4-7,11,15,18,22H,8-10H2,1-3H3. The van der Waals surface area contributed by atoms with Crippen molar-refractivity contribution in [3.05, 3.63) is 40.7 Å². The lowest BCUT2D eigenvalue weighted by Gasteiger charge is -2.14. The smallest absolute Gasteiger partial charge is 0.103 e. The van der Waals surface area contributed by atoms with Gasteiger partial charge in [0.25, 0.3) is 0 Å². The van der Waals surface area contributed by atoms with E-state index in [2.05, 4.69) is 15.6 Å². The van der Waals surface area contributed by atoms with Crippen molar-refractivity contribution in [1.29, 1.82) is 0 Å². The minimum atomic E-state index is -0.453. The lowest BCUT2D eigenvalue weighted by molar-refractivity contribution is 0.0590. The molecule has 2 N–H and O–H groups in total. The van der Waals surface area contributed by atoms with Gasteiger partial charge in [-0.05, 0) is 51.1 Å². The van der Waals surface area contributed by atoms with Crippen molar-refractivity contribution in [1.82, 2.24) is 20.3 Å². The van der Waals surface area contributed by atoms with Crippen LogP contribution in [0.4, 0.5) is 0 Å². The van der Waals surface area contributed by atoms with Crippen LogP contribution in [0, 0.1) is 6.92 Å². The number of aromatic nitrogens is 3. The van der Waals surface area contributed by atoms with E-state index >= 15 is 0 Å². The Labute approximate surface area is 141 Å². The Morgan fingerprint density at radius 3 is 2.70 bits per heavy atom. The van der Waals surface area contributed by atoms with E-state index in [9.17, 15) is 5.11 Å². The van der Waals surface area contributed by atoms with Crippen LogP contribution in [0.15, 0.2) is 24.3 Å². The first-order valence-corrected chi connectivity index (χ1v) is 7.99. The number of aliphatic hydroxyl groups excluding tert-OH is 1. The zero-order chi connectivity index (χ0) is 16.8. The Balaban J connectivity index is 1.99. The molecule has 23 heavy (non-hydrogen) atoms. The molecule has 0 fully saturated rings. The summed E-state index contributed by atoms with van der Waals surface area (Å²) in [6.07, 6.45) is 0.174. The Morgan fingerprint density at radius 1 is 1.35 bits per heavy atom. The average Bonchev–Trinajstić information content (AvgIpc) is 2.90. The van der Waals surface area contributed by atoms with Crippen LogP contribution in [0.1, 0.15) is 30.8 Å². The summed E-state index contributed by atoms with van der Waals surface area (Å²) < 4.78 is 6.71. The SMILES string of the molecule is COCC(O)CCNC(C)c1nnn(-c2ccc(Cl)cc2)c1C. The summed E-state index contributed by atoms with van der Waals surface area (Å²) in [5.74, 6) is 0. The number of hydrogen-bond acceptors (Lipinski definition) is 5. The maximum absolute atomic E-state index is 9.65. The lowest BCUT2D eigenvalue weighted by Crippen LogP contribution is -2.26. The molecule has 126 valence electrons. The normalized spacial score (nSPS) is 14.0. The van der Waals surface area contributed by atoms with Crippen molar-refractivity contribution in [2.75, 3.05) is 20.3 Å². The van der Waals surface area contributed by atoms with Gasteiger partial charge in [-0.1, -0.05) is 16.8 Å². The Hall–Kier alpha value is -1.47. The van der Waals surface area contributed by atoms with Gasteiger partial charge in [-0.15, -0.1) is 5.10 Å². The number of methoxy groups -OCH3 is 1. The molecule has 2 atom stereocenters. The van der Waals surface area contributed by atoms with E-state index in [0.717, 1.165) is 17.1 Å². The molecule has 0 aliphatic heterocycles. The number of rotatable bonds is 8. The highest BCUT2D eigenvalue weighted by Crippen LogP contribution is 2.19. The van der Waals surface area contributed by atoms with Gasteiger partial charge in [-0.25, -0.2) is 4.68 Å². The summed E-state index contributed by atoms with van der Waals surface area (Å²) in [6.45, 7) is 5.05. The van der Waals surface area contributed by atoms with E-state index < -0.39 is 6.10 Å². The van der Waals surface area contributed by atoms with Crippen molar-refractivity contribution >= 4 is 11.6 Å². The largest absolute Gasteiger partial charge is 0.391 e. The molecule has 0 amide bonds. The first-order valence-electron chi connectivity index (χ1n) is 7.61. The van der Waals surface area contributed by atoms with Crippen molar-refractivity contribution < 1.29 is 9.84 Å². The van der Waals surface area contributed by atoms with Gasteiger partial charge < -0.3 is 15.2 Å². The third-order valence-corrected chi connectivity index (χ3v) is 3.95. The van der Waals surface area contributed by atoms with E-state index in [1.54, 1.807) is 11.8 Å². The lowest BCUT2D eigenvalue weighted by atomic mass is 10.2. The van der Waals surface area contributed by atoms with Gasteiger partial charge in [0, 0.05) is 12.1 Å². The predicted octanol–water partition coefficient (Wildman–Crippen LogP) is 2.28. The molecule has 0 radical (unpaired) electrons. The fourth-order valence-electron chi connectivity index (χ4n) is 2.41. The Kier molecular flexibility index (Phi) is 6.53. The third-order valence-electron chi connectivity index (χ3n) is 3.70. The van der Waals surface area contributed by atoms with Gasteiger partial charge in [-0.3, -0.25) is 0 Å². The van der Waals surface area contributed by atoms with Crippen LogP contribution in [0.25, 0.3) is 5.69 Å². The van der Waals surface area contributed by atoms with Crippen molar-refractivity contribution in [3.8, 4) is 5.69 Å². The minimum Gasteiger partial charge on any atom is -0.391 e. The van der Waals surface area contributed by atoms with Crippen LogP contribution in [0.3, 0.4) is 0 Å². The molecule has 0 aliphatic rings. The summed E-state index contributed by atoms with van der Waals surface area (Å²) in [5, 5.41) is 22.2. The number of hydrogen-bond donors (Lipinski definition) is 2. The molecular formula is C16H23ClN4O2. The molecular weight excluding hydrogens is 316 g/mol. The molecule has 1 aromatic heterocycles. The number of nitrogens with one attached hydrogen (secondary N) is 1. The molecule has 0 saturated carbocycles. The molecule has 1 heterocycles. The summed E-state index contributed by atoms with van der Waals surface area (Å²) in [4.78, 5) is 0. The van der Waals surface area contributed by atoms with Gasteiger partial charge in [0.15, 0.2) is 0 Å². The highest BCUT2D eigenvalue weighted by Gasteiger charge is 2.16. The summed E-state index contributed by atoms with van der Waals surface area (Å²) in [6, 6.07) is 7.53. The van der Waals surface area contributed by atoms with Gasteiger partial charge in [-0.2, -0.15) is 0 Å². The quantitative estimate of drug-likeness (QED) is 0.772. The molecule has 2 unspecified atom stereocenters. The fourth-order valence-corrected chi connectivity index (χ4v) is 2.53. The molecule has 1 aromatic carbocycles. The topological polar surface area (TPSA) is 72.2 Å². The van der Waals surface area contributed by atoms with Crippen LogP contribution < -0.4 is 5.32 Å². The molecule has 6 nitrogen and oxygen atoms in total. The maximum Gasteiger partial charge on any atom is 0.103 e. The van der Waals surface area contributed by atoms with Crippen molar-refractivity contribution in [3.63, 3.8) is 0 Å². The van der Waals surface area contributed by atoms with Crippen molar-refractivity contribution in [2.45, 2.75) is 32.4 Å². The zero-order valence-corrected chi connectivity index (χ0v) is 14.4. The van der Waals surface area contributed by atoms with E-state index in [4.69, 9.17) is 16.3 Å². The second-order valence-electron chi connectivity index (χ2n) is 5.52. The van der Waals surface area contributed by atoms with Gasteiger partial charge in [0.05, 0.1) is 30.1 Å². The van der Waals surface area contributed by atoms with Crippen LogP contribution in [0.5, 0.6) is 0 Å². The molecule has 2 rings (SSSR count). The molecule has 0 aliphatic carbocycles. The Morgan fingerprint density at radius 2 is 2.04 bits per heavy atom. The van der Waals surface area contributed by atoms with E-state index in [1.165, 1.54) is 0 Å². The van der Waals surface area contributed by atoms with E-state index in [0.29, 0.717) is 24.6 Å². The summed E-state index contributed by atoms with van der Waals surface area (Å²) in [5.41, 5.74) is 2.79. The van der Waals surface area contributed by atoms with Crippen LogP contribution in [-0.2, 0) is 4.74 Å². The first-order chi connectivity index (χ1) is 11.0. The van der Waals surface area contributed by atoms with E-state index in [1.807, 2.05) is 38.1 Å². The number of nitrogens with zero attached hydrogens (tertiary/aromatic N) is 3. The first kappa shape index (κ1) is 17.9. The van der Waals surface area contributed by atoms with E-state index in [-0.39, 0.29) is 6.04 Å². The fraction of sp³-hybridized carbons (Fsp3) is 0.500. The number of halogens is 1.